The first-order valence-electron chi connectivity index (χ1n) is 5.70. The van der Waals surface area contributed by atoms with Gasteiger partial charge in [0.15, 0.2) is 0 Å². The number of aldehydes is 1. The minimum atomic E-state index is 0.104. The molecule has 0 aliphatic rings. The van der Waals surface area contributed by atoms with Crippen LogP contribution < -0.4 is 0 Å². The van der Waals surface area contributed by atoms with E-state index in [9.17, 15) is 4.79 Å². The van der Waals surface area contributed by atoms with E-state index in [-0.39, 0.29) is 5.92 Å². The number of carbonyl (C=O) groups is 1. The van der Waals surface area contributed by atoms with Gasteiger partial charge in [-0.1, -0.05) is 58.0 Å². The molecule has 92 valence electrons. The lowest BCUT2D eigenvalue weighted by Gasteiger charge is -2.13. The summed E-state index contributed by atoms with van der Waals surface area (Å²) in [6.07, 6.45) is 1.01. The van der Waals surface area contributed by atoms with Crippen molar-refractivity contribution in [2.75, 3.05) is 7.11 Å². The Labute approximate surface area is 99.3 Å². The topological polar surface area (TPSA) is 37.3 Å². The monoisotopic (exact) mass is 224 g/mol. The Balaban J connectivity index is 0. The molecule has 2 atom stereocenters. The largest absolute Gasteiger partial charge is 0.400 e. The molecular formula is C14H24O2. The van der Waals surface area contributed by atoms with Crippen molar-refractivity contribution in [1.29, 1.82) is 0 Å². The van der Waals surface area contributed by atoms with Gasteiger partial charge < -0.3 is 9.90 Å². The Morgan fingerprint density at radius 2 is 1.50 bits per heavy atom. The first kappa shape index (κ1) is 17.3. The van der Waals surface area contributed by atoms with E-state index < -0.39 is 0 Å². The fraction of sp³-hybridized carbons (Fsp3) is 0.500. The van der Waals surface area contributed by atoms with Crippen molar-refractivity contribution >= 4 is 6.29 Å². The molecular weight excluding hydrogens is 200 g/mol. The Morgan fingerprint density at radius 1 is 1.06 bits per heavy atom. The fourth-order valence-corrected chi connectivity index (χ4v) is 1.18. The van der Waals surface area contributed by atoms with Gasteiger partial charge in [0.05, 0.1) is 0 Å². The van der Waals surface area contributed by atoms with Crippen molar-refractivity contribution in [2.24, 2.45) is 5.92 Å². The quantitative estimate of drug-likeness (QED) is 0.800. The SMILES string of the molecule is CC.CC(C=O)C(C)c1ccccc1.CO. The summed E-state index contributed by atoms with van der Waals surface area (Å²) in [5.41, 5.74) is 1.23. The van der Waals surface area contributed by atoms with Crippen molar-refractivity contribution in [1.82, 2.24) is 0 Å². The maximum atomic E-state index is 10.5. The zero-order valence-corrected chi connectivity index (χ0v) is 11.0. The van der Waals surface area contributed by atoms with E-state index >= 15 is 0 Å². The normalized spacial score (nSPS) is 12.1. The molecule has 0 aliphatic carbocycles. The van der Waals surface area contributed by atoms with Crippen LogP contribution in [0, 0.1) is 5.92 Å². The summed E-state index contributed by atoms with van der Waals surface area (Å²) in [4.78, 5) is 10.5. The Kier molecular flexibility index (Phi) is 12.9. The molecule has 0 heterocycles. The number of hydrogen-bond donors (Lipinski definition) is 1. The standard InChI is InChI=1S/C11H14O.C2H6.CH4O/c1-9(8-12)10(2)11-6-4-3-5-7-11;2*1-2/h3-10H,1-2H3;1-2H3;2H,1H3. The summed E-state index contributed by atoms with van der Waals surface area (Å²) in [7, 11) is 1.00. The highest BCUT2D eigenvalue weighted by Gasteiger charge is 2.11. The maximum Gasteiger partial charge on any atom is 0.123 e. The molecule has 2 unspecified atom stereocenters. The van der Waals surface area contributed by atoms with Crippen LogP contribution in [0.4, 0.5) is 0 Å². The molecule has 0 spiro atoms. The molecule has 1 rings (SSSR count). The van der Waals surface area contributed by atoms with Crippen LogP contribution in [0.15, 0.2) is 30.3 Å². The lowest BCUT2D eigenvalue weighted by molar-refractivity contribution is -0.111. The van der Waals surface area contributed by atoms with Crippen LogP contribution in [-0.4, -0.2) is 18.5 Å². The molecule has 0 radical (unpaired) electrons. The molecule has 0 fully saturated rings. The summed E-state index contributed by atoms with van der Waals surface area (Å²) < 4.78 is 0. The van der Waals surface area contributed by atoms with Crippen molar-refractivity contribution in [3.8, 4) is 0 Å². The summed E-state index contributed by atoms with van der Waals surface area (Å²) in [6.45, 7) is 8.03. The molecule has 0 saturated heterocycles. The van der Waals surface area contributed by atoms with Gasteiger partial charge in [-0.3, -0.25) is 0 Å². The predicted octanol–water partition coefficient (Wildman–Crippen LogP) is 3.26. The third kappa shape index (κ3) is 6.36. The average Bonchev–Trinajstić information content (AvgIpc) is 2.42. The highest BCUT2D eigenvalue weighted by Crippen LogP contribution is 2.21. The van der Waals surface area contributed by atoms with Gasteiger partial charge in [-0.25, -0.2) is 0 Å². The van der Waals surface area contributed by atoms with E-state index in [0.717, 1.165) is 13.4 Å². The molecule has 0 aliphatic heterocycles. The molecule has 0 saturated carbocycles. The second-order valence-corrected chi connectivity index (χ2v) is 3.19. The molecule has 2 heteroatoms. The van der Waals surface area contributed by atoms with E-state index in [1.807, 2.05) is 39.0 Å². The molecule has 0 aromatic heterocycles. The van der Waals surface area contributed by atoms with E-state index in [4.69, 9.17) is 5.11 Å². The molecule has 16 heavy (non-hydrogen) atoms. The van der Waals surface area contributed by atoms with Crippen LogP contribution in [0.1, 0.15) is 39.2 Å². The summed E-state index contributed by atoms with van der Waals surface area (Å²) >= 11 is 0. The van der Waals surface area contributed by atoms with Crippen LogP contribution >= 0.6 is 0 Å². The van der Waals surface area contributed by atoms with Crippen molar-refractivity contribution in [2.45, 2.75) is 33.6 Å². The third-order valence-corrected chi connectivity index (χ3v) is 2.33. The van der Waals surface area contributed by atoms with Crippen molar-refractivity contribution < 1.29 is 9.90 Å². The zero-order valence-electron chi connectivity index (χ0n) is 11.0. The molecule has 0 bridgehead atoms. The highest BCUT2D eigenvalue weighted by atomic mass is 16.2. The summed E-state index contributed by atoms with van der Waals surface area (Å²) in [5, 5.41) is 7.00. The Hall–Kier alpha value is -1.15. The van der Waals surface area contributed by atoms with Gasteiger partial charge in [-0.2, -0.15) is 0 Å². The smallest absolute Gasteiger partial charge is 0.123 e. The molecule has 1 aromatic rings. The van der Waals surface area contributed by atoms with Gasteiger partial charge in [0.1, 0.15) is 6.29 Å². The minimum Gasteiger partial charge on any atom is -0.400 e. The van der Waals surface area contributed by atoms with Crippen LogP contribution in [0.2, 0.25) is 0 Å². The third-order valence-electron chi connectivity index (χ3n) is 2.33. The van der Waals surface area contributed by atoms with Gasteiger partial charge in [0.2, 0.25) is 0 Å². The fourth-order valence-electron chi connectivity index (χ4n) is 1.18. The maximum absolute atomic E-state index is 10.5. The lowest BCUT2D eigenvalue weighted by Crippen LogP contribution is -2.06. The summed E-state index contributed by atoms with van der Waals surface area (Å²) in [5.74, 6) is 0.427. The second kappa shape index (κ2) is 11.9. The van der Waals surface area contributed by atoms with E-state index in [0.29, 0.717) is 5.92 Å². The average molecular weight is 224 g/mol. The van der Waals surface area contributed by atoms with Gasteiger partial charge in [0.25, 0.3) is 0 Å². The van der Waals surface area contributed by atoms with Crippen LogP contribution in [-0.2, 0) is 4.79 Å². The minimum absolute atomic E-state index is 0.104. The summed E-state index contributed by atoms with van der Waals surface area (Å²) in [6, 6.07) is 10.1. The highest BCUT2D eigenvalue weighted by molar-refractivity contribution is 5.55. The van der Waals surface area contributed by atoms with E-state index in [1.165, 1.54) is 5.56 Å². The first-order chi connectivity index (χ1) is 7.75. The molecule has 2 nitrogen and oxygen atoms in total. The lowest BCUT2D eigenvalue weighted by atomic mass is 9.90. The van der Waals surface area contributed by atoms with Gasteiger partial charge in [0, 0.05) is 13.0 Å². The van der Waals surface area contributed by atoms with Crippen LogP contribution in [0.25, 0.3) is 0 Å². The second-order valence-electron chi connectivity index (χ2n) is 3.19. The van der Waals surface area contributed by atoms with Gasteiger partial charge in [-0.15, -0.1) is 0 Å². The van der Waals surface area contributed by atoms with Crippen LogP contribution in [0.3, 0.4) is 0 Å². The number of aliphatic hydroxyl groups excluding tert-OH is 1. The molecule has 1 aromatic carbocycles. The van der Waals surface area contributed by atoms with Crippen LogP contribution in [0.5, 0.6) is 0 Å². The molecule has 0 amide bonds. The number of aliphatic hydroxyl groups is 1. The Bertz CT molecular complexity index is 244. The van der Waals surface area contributed by atoms with E-state index in [2.05, 4.69) is 19.1 Å². The van der Waals surface area contributed by atoms with Gasteiger partial charge in [-0.05, 0) is 11.5 Å². The number of carbonyl (C=O) groups excluding carboxylic acids is 1. The van der Waals surface area contributed by atoms with E-state index in [1.54, 1.807) is 0 Å². The molecule has 1 N–H and O–H groups in total. The number of rotatable bonds is 3. The Morgan fingerprint density at radius 3 is 1.88 bits per heavy atom. The predicted molar refractivity (Wildman–Crippen MR) is 69.6 cm³/mol. The number of benzene rings is 1. The number of hydrogen-bond acceptors (Lipinski definition) is 2. The van der Waals surface area contributed by atoms with Gasteiger partial charge >= 0.3 is 0 Å². The first-order valence-corrected chi connectivity index (χ1v) is 5.70. The zero-order chi connectivity index (χ0) is 13.0. The van der Waals surface area contributed by atoms with Crippen molar-refractivity contribution in [3.05, 3.63) is 35.9 Å². The van der Waals surface area contributed by atoms with Crippen molar-refractivity contribution in [3.63, 3.8) is 0 Å².